The molecule has 5 aliphatic carbocycles. The molecule has 4 heterocycles. The molecule has 9 N–H and O–H groups in total. The van der Waals surface area contributed by atoms with Gasteiger partial charge in [-0.3, -0.25) is 9.59 Å². The maximum absolute atomic E-state index is 15.6. The number of aliphatic hydroxyl groups is 9. The molecule has 75 heavy (non-hydrogen) atoms. The van der Waals surface area contributed by atoms with Gasteiger partial charge in [0.2, 0.25) is 0 Å². The van der Waals surface area contributed by atoms with E-state index in [1.807, 2.05) is 0 Å². The van der Waals surface area contributed by atoms with E-state index in [9.17, 15) is 55.5 Å². The van der Waals surface area contributed by atoms with Crippen molar-refractivity contribution in [2.75, 3.05) is 19.8 Å². The van der Waals surface area contributed by atoms with Crippen LogP contribution in [-0.2, 0) is 57.0 Å². The number of fused-ring (bicyclic) bond motifs is 4. The predicted octanol–water partition coefficient (Wildman–Crippen LogP) is 1.05. The highest BCUT2D eigenvalue weighted by Crippen LogP contribution is 2.81. The van der Waals surface area contributed by atoms with Gasteiger partial charge in [0.1, 0.15) is 90.9 Å². The number of rotatable bonds is 11. The van der Waals surface area contributed by atoms with Crippen molar-refractivity contribution in [3.8, 4) is 0 Å². The molecule has 0 aromatic carbocycles. The van der Waals surface area contributed by atoms with E-state index in [4.69, 9.17) is 42.6 Å². The van der Waals surface area contributed by atoms with Crippen LogP contribution in [0.25, 0.3) is 0 Å². The summed E-state index contributed by atoms with van der Waals surface area (Å²) in [5, 5.41) is 97.0. The molecule has 9 rings (SSSR count). The fourth-order valence-corrected chi connectivity index (χ4v) is 17.0. The van der Waals surface area contributed by atoms with E-state index in [0.717, 1.165) is 6.42 Å². The monoisotopic (exact) mass is 1070 g/mol. The van der Waals surface area contributed by atoms with E-state index in [0.29, 0.717) is 44.1 Å². The van der Waals surface area contributed by atoms with Crippen LogP contribution in [0.4, 0.5) is 0 Å². The summed E-state index contributed by atoms with van der Waals surface area (Å²) >= 11 is 0. The van der Waals surface area contributed by atoms with Gasteiger partial charge < -0.3 is 88.6 Å². The molecule has 0 radical (unpaired) electrons. The van der Waals surface area contributed by atoms with E-state index in [1.54, 1.807) is 19.9 Å². The average molecular weight is 1070 g/mol. The number of hydrogen-bond donors (Lipinski definition) is 9. The van der Waals surface area contributed by atoms with Crippen molar-refractivity contribution in [3.05, 3.63) is 11.6 Å². The third-order valence-corrected chi connectivity index (χ3v) is 21.2. The number of aliphatic hydroxyl groups excluding tert-OH is 9. The van der Waals surface area contributed by atoms with Crippen LogP contribution >= 0.6 is 0 Å². The minimum absolute atomic E-state index is 0.0648. The molecule has 21 heteroatoms. The first-order valence-electron chi connectivity index (χ1n) is 27.1. The predicted molar refractivity (Wildman–Crippen MR) is 258 cm³/mol. The Bertz CT molecular complexity index is 2190. The maximum Gasteiger partial charge on any atom is 0.333 e. The minimum atomic E-state index is -1.77. The summed E-state index contributed by atoms with van der Waals surface area (Å²) < 4.78 is 56.3. The summed E-state index contributed by atoms with van der Waals surface area (Å²) in [5.41, 5.74) is -4.90. The molecule has 5 saturated carbocycles. The molecule has 4 aliphatic heterocycles. The summed E-state index contributed by atoms with van der Waals surface area (Å²) in [6, 6.07) is 0. The van der Waals surface area contributed by atoms with Crippen molar-refractivity contribution in [1.82, 2.24) is 0 Å². The Balaban J connectivity index is 1.02. The van der Waals surface area contributed by atoms with Crippen LogP contribution in [0.15, 0.2) is 11.6 Å². The standard InChI is InChI=1S/C54H84O21/c1-11-24(2)43(65)71-34-20-52(10)51(9)16-12-29-49(6,7)32(72-46-42(35(58)26(57)22-68-46)74-45-41(64)38(61)36(59)27(21-55)69-45)14-15-50(29,8)30(51)13-17-53(52)31-18-48(4,5)19-33(54(31,34)47(66)75-53)73-44-40(63)39(62)37(60)28(70-44)23-67-25(3)56/h11,26-42,44-46,55,57-64H,12-23H2,1-10H3/b24-11-/t26-,27+,28-,29-,30+,31+,32+,33+,34+,35+,36+,37-,38-,39+,40-,41+,42-,44+,45-,46+,50+,51+,52-,53-,54-/m0/s1. The Morgan fingerprint density at radius 3 is 1.92 bits per heavy atom. The fraction of sp³-hybridized carbons (Fsp3) is 0.907. The van der Waals surface area contributed by atoms with E-state index in [-0.39, 0.29) is 36.7 Å². The van der Waals surface area contributed by atoms with Gasteiger partial charge in [0.25, 0.3) is 0 Å². The van der Waals surface area contributed by atoms with Crippen molar-refractivity contribution in [3.63, 3.8) is 0 Å². The molecule has 0 aromatic heterocycles. The first-order chi connectivity index (χ1) is 35.0. The van der Waals surface area contributed by atoms with Crippen LogP contribution in [0.5, 0.6) is 0 Å². The van der Waals surface area contributed by atoms with Gasteiger partial charge in [0.15, 0.2) is 18.9 Å². The van der Waals surface area contributed by atoms with Gasteiger partial charge in [-0.2, -0.15) is 0 Å². The normalized spacial score (nSPS) is 52.0. The Morgan fingerprint density at radius 1 is 0.667 bits per heavy atom. The smallest absolute Gasteiger partial charge is 0.333 e. The highest BCUT2D eigenvalue weighted by atomic mass is 16.8. The molecular formula is C54H84O21. The van der Waals surface area contributed by atoms with Crippen molar-refractivity contribution in [2.24, 2.45) is 50.2 Å². The van der Waals surface area contributed by atoms with E-state index < -0.39 is 174 Å². The van der Waals surface area contributed by atoms with E-state index >= 15 is 4.79 Å². The van der Waals surface area contributed by atoms with Gasteiger partial charge in [0, 0.05) is 23.8 Å². The molecule has 0 amide bonds. The average Bonchev–Trinajstić information content (AvgIpc) is 3.57. The fourth-order valence-electron chi connectivity index (χ4n) is 17.0. The summed E-state index contributed by atoms with van der Waals surface area (Å²) in [6.45, 7) is 18.6. The third-order valence-electron chi connectivity index (χ3n) is 21.2. The summed E-state index contributed by atoms with van der Waals surface area (Å²) in [4.78, 5) is 41.5. The first kappa shape index (κ1) is 57.2. The third kappa shape index (κ3) is 8.69. The summed E-state index contributed by atoms with van der Waals surface area (Å²) in [7, 11) is 0. The maximum atomic E-state index is 15.6. The summed E-state index contributed by atoms with van der Waals surface area (Å²) in [5.74, 6) is -2.22. The molecule has 2 bridgehead atoms. The lowest BCUT2D eigenvalue weighted by molar-refractivity contribution is -0.368. The highest BCUT2D eigenvalue weighted by molar-refractivity contribution is 5.89. The first-order valence-corrected chi connectivity index (χ1v) is 27.1. The molecular weight excluding hydrogens is 985 g/mol. The lowest BCUT2D eigenvalue weighted by atomic mass is 9.30. The highest BCUT2D eigenvalue weighted by Gasteiger charge is 2.86. The molecule has 4 saturated heterocycles. The van der Waals surface area contributed by atoms with Gasteiger partial charge in [-0.05, 0) is 105 Å². The minimum Gasteiger partial charge on any atom is -0.463 e. The molecule has 426 valence electrons. The van der Waals surface area contributed by atoms with Gasteiger partial charge in [-0.1, -0.05) is 54.5 Å². The van der Waals surface area contributed by atoms with Crippen LogP contribution < -0.4 is 0 Å². The second-order valence-corrected chi connectivity index (χ2v) is 25.8. The lowest BCUT2D eigenvalue weighted by Gasteiger charge is -2.74. The second kappa shape index (κ2) is 20.0. The Hall–Kier alpha value is -2.45. The Morgan fingerprint density at radius 2 is 1.28 bits per heavy atom. The number of esters is 3. The molecule has 9 aliphatic rings. The van der Waals surface area contributed by atoms with Crippen LogP contribution in [0.3, 0.4) is 0 Å². The van der Waals surface area contributed by atoms with Crippen molar-refractivity contribution < 1.29 is 103 Å². The SMILES string of the molecule is C/C=C(/C)C(=O)O[C@@H]1C[C@]2(C)[C@@]3(CC[C@@H]4[C@]5(C)CC[C@@H](O[C@H]6OC[C@H](O)[C@@H](O)[C@@H]6O[C@@H]6O[C@H](CO)[C@@H](O)[C@H](O)[C@H]6O)C(C)(C)[C@@H]5CC[C@]42C)OC(=O)[C@@]12[C@H](O[C@H]1O[C@@H](COC(C)=O)[C@H](O)[C@@H](O)[C@@H]1O)CC(C)(C)C[C@@H]23. The van der Waals surface area contributed by atoms with Crippen LogP contribution in [0.1, 0.15) is 127 Å². The quantitative estimate of drug-likeness (QED) is 0.0604. The van der Waals surface area contributed by atoms with Gasteiger partial charge in [-0.15, -0.1) is 0 Å². The van der Waals surface area contributed by atoms with Gasteiger partial charge in [0.05, 0.1) is 25.4 Å². The van der Waals surface area contributed by atoms with E-state index in [2.05, 4.69) is 48.5 Å². The number of carbonyl (C=O) groups is 3. The molecule has 9 fully saturated rings. The second-order valence-electron chi connectivity index (χ2n) is 25.8. The van der Waals surface area contributed by atoms with Gasteiger partial charge in [-0.25, -0.2) is 4.79 Å². The molecule has 0 unspecified atom stereocenters. The molecule has 25 atom stereocenters. The molecule has 21 nitrogen and oxygen atoms in total. The summed E-state index contributed by atoms with van der Waals surface area (Å²) in [6.07, 6.45) is -17.7. The van der Waals surface area contributed by atoms with Crippen LogP contribution in [0.2, 0.25) is 0 Å². The Kier molecular flexibility index (Phi) is 15.2. The number of carbonyl (C=O) groups excluding carboxylic acids is 3. The zero-order chi connectivity index (χ0) is 54.9. The van der Waals surface area contributed by atoms with E-state index in [1.165, 1.54) is 6.92 Å². The van der Waals surface area contributed by atoms with Crippen molar-refractivity contribution >= 4 is 17.9 Å². The van der Waals surface area contributed by atoms with Gasteiger partial charge >= 0.3 is 17.9 Å². The number of ether oxygens (including phenoxy) is 9. The molecule has 0 aromatic rings. The number of hydrogen-bond acceptors (Lipinski definition) is 21. The lowest BCUT2D eigenvalue weighted by Crippen LogP contribution is -2.76. The number of allylic oxidation sites excluding steroid dienone is 1. The van der Waals surface area contributed by atoms with Crippen molar-refractivity contribution in [1.29, 1.82) is 0 Å². The van der Waals surface area contributed by atoms with Crippen molar-refractivity contribution in [2.45, 2.75) is 237 Å². The largest absolute Gasteiger partial charge is 0.463 e. The molecule has 1 spiro atoms. The van der Waals surface area contributed by atoms with Crippen LogP contribution in [0, 0.1) is 50.2 Å². The topological polar surface area (TPSA) is 316 Å². The Labute approximate surface area is 438 Å². The zero-order valence-corrected chi connectivity index (χ0v) is 45.0. The van der Waals surface area contributed by atoms with Crippen LogP contribution in [-0.4, -0.2) is 194 Å². The zero-order valence-electron chi connectivity index (χ0n) is 45.0.